The van der Waals surface area contributed by atoms with Crippen molar-refractivity contribution in [1.82, 2.24) is 9.97 Å². The molecule has 0 amide bonds. The van der Waals surface area contributed by atoms with Crippen molar-refractivity contribution in [2.24, 2.45) is 11.7 Å². The molecular weight excluding hydrogens is 293 g/mol. The number of nitrogens with zero attached hydrogens (tertiary/aromatic N) is 2. The van der Waals surface area contributed by atoms with Crippen LogP contribution in [0.2, 0.25) is 0 Å². The van der Waals surface area contributed by atoms with E-state index in [9.17, 15) is 4.39 Å². The average molecular weight is 317 g/mol. The third kappa shape index (κ3) is 4.99. The average Bonchev–Trinajstić information content (AvgIpc) is 2.44. The minimum absolute atomic E-state index is 0.381. The predicted molar refractivity (Wildman–Crippen MR) is 89.7 cm³/mol. The smallest absolute Gasteiger partial charge is 0.213 e. The van der Waals surface area contributed by atoms with Crippen LogP contribution in [0.25, 0.3) is 11.3 Å². The molecule has 0 aliphatic carbocycles. The second-order valence-corrected chi connectivity index (χ2v) is 6.74. The van der Waals surface area contributed by atoms with Crippen molar-refractivity contribution < 1.29 is 9.13 Å². The molecule has 2 aromatic rings. The number of aryl methyl sites for hydroxylation is 1. The van der Waals surface area contributed by atoms with E-state index in [0.29, 0.717) is 29.5 Å². The van der Waals surface area contributed by atoms with Crippen molar-refractivity contribution in [2.75, 3.05) is 6.61 Å². The van der Waals surface area contributed by atoms with Crippen LogP contribution in [0.15, 0.2) is 30.6 Å². The van der Waals surface area contributed by atoms with Crippen molar-refractivity contribution in [1.29, 1.82) is 0 Å². The second kappa shape index (κ2) is 7.04. The highest BCUT2D eigenvalue weighted by Gasteiger charge is 2.21. The van der Waals surface area contributed by atoms with Gasteiger partial charge in [0.2, 0.25) is 5.95 Å². The molecule has 0 aliphatic heterocycles. The molecule has 0 bridgehead atoms. The fraction of sp³-hybridized carbons (Fsp3) is 0.444. The number of ether oxygens (including phenoxy) is 1. The summed E-state index contributed by atoms with van der Waals surface area (Å²) in [7, 11) is 0. The molecule has 2 rings (SSSR count). The van der Waals surface area contributed by atoms with Gasteiger partial charge in [-0.1, -0.05) is 13.8 Å². The fourth-order valence-corrected chi connectivity index (χ4v) is 2.65. The van der Waals surface area contributed by atoms with E-state index in [2.05, 4.69) is 23.8 Å². The Morgan fingerprint density at radius 3 is 2.65 bits per heavy atom. The summed E-state index contributed by atoms with van der Waals surface area (Å²) in [5, 5.41) is 0. The Morgan fingerprint density at radius 2 is 2.04 bits per heavy atom. The highest BCUT2D eigenvalue weighted by Crippen LogP contribution is 2.25. The summed E-state index contributed by atoms with van der Waals surface area (Å²) in [4.78, 5) is 7.90. The molecule has 0 radical (unpaired) electrons. The van der Waals surface area contributed by atoms with Crippen LogP contribution in [0.1, 0.15) is 32.8 Å². The largest absolute Gasteiger partial charge is 0.490 e. The maximum Gasteiger partial charge on any atom is 0.213 e. The molecule has 0 aliphatic rings. The Hall–Kier alpha value is -2.01. The second-order valence-electron chi connectivity index (χ2n) is 6.74. The molecule has 4 nitrogen and oxygen atoms in total. The van der Waals surface area contributed by atoms with Gasteiger partial charge in [-0.25, -0.2) is 4.98 Å². The molecule has 2 N–H and O–H groups in total. The fourth-order valence-electron chi connectivity index (χ4n) is 2.65. The van der Waals surface area contributed by atoms with Crippen LogP contribution in [0.4, 0.5) is 4.39 Å². The number of hydrogen-bond donors (Lipinski definition) is 1. The minimum atomic E-state index is -0.519. The Kier molecular flexibility index (Phi) is 5.31. The van der Waals surface area contributed by atoms with Crippen LogP contribution in [-0.2, 0) is 0 Å². The number of hydrogen-bond acceptors (Lipinski definition) is 4. The highest BCUT2D eigenvalue weighted by molar-refractivity contribution is 5.60. The predicted octanol–water partition coefficient (Wildman–Crippen LogP) is 3.73. The molecule has 2 aromatic heterocycles. The topological polar surface area (TPSA) is 61.0 Å². The molecule has 23 heavy (non-hydrogen) atoms. The zero-order chi connectivity index (χ0) is 17.0. The van der Waals surface area contributed by atoms with Gasteiger partial charge in [0.05, 0.1) is 11.9 Å². The van der Waals surface area contributed by atoms with Gasteiger partial charge in [-0.2, -0.15) is 4.39 Å². The number of nitrogens with two attached hydrogens (primary N) is 1. The molecule has 0 saturated carbocycles. The summed E-state index contributed by atoms with van der Waals surface area (Å²) in [5.74, 6) is 0.690. The summed E-state index contributed by atoms with van der Waals surface area (Å²) < 4.78 is 19.1. The molecule has 1 atom stereocenters. The molecule has 0 fully saturated rings. The first-order chi connectivity index (χ1) is 10.8. The van der Waals surface area contributed by atoms with E-state index in [1.807, 2.05) is 19.9 Å². The molecule has 1 unspecified atom stereocenters. The van der Waals surface area contributed by atoms with Gasteiger partial charge in [0.1, 0.15) is 12.4 Å². The normalized spacial score (nSPS) is 13.9. The van der Waals surface area contributed by atoms with Gasteiger partial charge >= 0.3 is 0 Å². The van der Waals surface area contributed by atoms with Crippen LogP contribution in [0.3, 0.4) is 0 Å². The van der Waals surface area contributed by atoms with Gasteiger partial charge in [0.25, 0.3) is 0 Å². The van der Waals surface area contributed by atoms with Gasteiger partial charge in [0, 0.05) is 23.4 Å². The number of pyridine rings is 2. The van der Waals surface area contributed by atoms with E-state index in [-0.39, 0.29) is 5.54 Å². The third-order valence-electron chi connectivity index (χ3n) is 3.52. The molecule has 5 heteroatoms. The lowest BCUT2D eigenvalue weighted by Crippen LogP contribution is -2.43. The quantitative estimate of drug-likeness (QED) is 0.825. The lowest BCUT2D eigenvalue weighted by atomic mass is 9.93. The van der Waals surface area contributed by atoms with Crippen molar-refractivity contribution in [3.05, 3.63) is 42.1 Å². The van der Waals surface area contributed by atoms with Crippen molar-refractivity contribution in [2.45, 2.75) is 39.7 Å². The highest BCUT2D eigenvalue weighted by atomic mass is 19.1. The molecule has 0 aromatic carbocycles. The third-order valence-corrected chi connectivity index (χ3v) is 3.52. The summed E-state index contributed by atoms with van der Waals surface area (Å²) in [6.45, 7) is 8.64. The first kappa shape index (κ1) is 17.3. The zero-order valence-electron chi connectivity index (χ0n) is 14.1. The van der Waals surface area contributed by atoms with Crippen LogP contribution in [0.5, 0.6) is 5.75 Å². The molecule has 0 spiro atoms. The maximum absolute atomic E-state index is 13.2. The van der Waals surface area contributed by atoms with Crippen molar-refractivity contribution >= 4 is 0 Å². The van der Waals surface area contributed by atoms with E-state index in [4.69, 9.17) is 10.5 Å². The first-order valence-corrected chi connectivity index (χ1v) is 7.77. The molecule has 124 valence electrons. The summed E-state index contributed by atoms with van der Waals surface area (Å²) in [5.41, 5.74) is 8.19. The molecule has 0 saturated heterocycles. The monoisotopic (exact) mass is 317 g/mol. The van der Waals surface area contributed by atoms with E-state index < -0.39 is 5.95 Å². The summed E-state index contributed by atoms with van der Waals surface area (Å²) in [6.07, 6.45) is 3.97. The lowest BCUT2D eigenvalue weighted by Gasteiger charge is -2.27. The van der Waals surface area contributed by atoms with Crippen LogP contribution >= 0.6 is 0 Å². The zero-order valence-corrected chi connectivity index (χ0v) is 14.1. The van der Waals surface area contributed by atoms with Gasteiger partial charge in [-0.3, -0.25) is 4.98 Å². The first-order valence-electron chi connectivity index (χ1n) is 7.77. The van der Waals surface area contributed by atoms with Crippen molar-refractivity contribution in [3.8, 4) is 17.0 Å². The molecular formula is C18H24FN3O. The van der Waals surface area contributed by atoms with Crippen LogP contribution < -0.4 is 10.5 Å². The Balaban J connectivity index is 2.11. The Labute approximate surface area is 136 Å². The standard InChI is InChI=1S/C18H24FN3O/c1-12(2)9-18(4,20)11-23-16-10-22-15(7-13(16)3)14-5-6-21-17(19)8-14/h5-8,10,12H,9,11,20H2,1-4H3. The number of rotatable bonds is 6. The van der Waals surface area contributed by atoms with Gasteiger partial charge in [-0.05, 0) is 43.9 Å². The summed E-state index contributed by atoms with van der Waals surface area (Å²) in [6, 6.07) is 4.97. The summed E-state index contributed by atoms with van der Waals surface area (Å²) >= 11 is 0. The van der Waals surface area contributed by atoms with E-state index in [0.717, 1.165) is 12.0 Å². The molecule has 2 heterocycles. The van der Waals surface area contributed by atoms with Gasteiger partial charge in [-0.15, -0.1) is 0 Å². The van der Waals surface area contributed by atoms with Crippen LogP contribution in [0, 0.1) is 18.8 Å². The number of aromatic nitrogens is 2. The van der Waals surface area contributed by atoms with E-state index in [1.54, 1.807) is 12.3 Å². The Morgan fingerprint density at radius 1 is 1.30 bits per heavy atom. The minimum Gasteiger partial charge on any atom is -0.490 e. The lowest BCUT2D eigenvalue weighted by molar-refractivity contribution is 0.205. The van der Waals surface area contributed by atoms with Gasteiger partial charge in [0.15, 0.2) is 0 Å². The number of halogens is 1. The SMILES string of the molecule is Cc1cc(-c2ccnc(F)c2)ncc1OCC(C)(N)CC(C)C. The van der Waals surface area contributed by atoms with Crippen LogP contribution in [-0.4, -0.2) is 22.1 Å². The maximum atomic E-state index is 13.2. The van der Waals surface area contributed by atoms with E-state index >= 15 is 0 Å². The van der Waals surface area contributed by atoms with E-state index in [1.165, 1.54) is 12.3 Å². The Bertz CT molecular complexity index is 671. The van der Waals surface area contributed by atoms with Crippen molar-refractivity contribution in [3.63, 3.8) is 0 Å². The van der Waals surface area contributed by atoms with Gasteiger partial charge < -0.3 is 10.5 Å².